The van der Waals surface area contributed by atoms with Crippen molar-refractivity contribution in [1.82, 2.24) is 10.2 Å². The van der Waals surface area contributed by atoms with Gasteiger partial charge in [-0.15, -0.1) is 0 Å². The molecule has 1 aliphatic rings. The van der Waals surface area contributed by atoms with Crippen LogP contribution in [0, 0.1) is 0 Å². The van der Waals surface area contributed by atoms with Crippen LogP contribution in [-0.2, 0) is 19.1 Å². The van der Waals surface area contributed by atoms with Crippen LogP contribution in [0.3, 0.4) is 0 Å². The van der Waals surface area contributed by atoms with Gasteiger partial charge in [-0.2, -0.15) is 0 Å². The van der Waals surface area contributed by atoms with E-state index in [1.54, 1.807) is 24.0 Å². The topological polar surface area (TPSA) is 114 Å². The minimum absolute atomic E-state index is 0.0784. The number of amides is 3. The summed E-state index contributed by atoms with van der Waals surface area (Å²) in [5.41, 5.74) is 0.848. The molecule has 1 saturated heterocycles. The Labute approximate surface area is 163 Å². The van der Waals surface area contributed by atoms with Crippen molar-refractivity contribution in [2.45, 2.75) is 32.2 Å². The van der Waals surface area contributed by atoms with Gasteiger partial charge in [0.1, 0.15) is 6.42 Å². The zero-order valence-corrected chi connectivity index (χ0v) is 16.0. The molecule has 0 aliphatic carbocycles. The molecule has 1 aromatic carbocycles. The second-order valence-electron chi connectivity index (χ2n) is 6.32. The maximum Gasteiger partial charge on any atom is 0.409 e. The van der Waals surface area contributed by atoms with Crippen molar-refractivity contribution < 1.29 is 28.7 Å². The van der Waals surface area contributed by atoms with E-state index < -0.39 is 11.9 Å². The number of carbonyl (C=O) groups excluding carboxylic acids is 4. The fourth-order valence-corrected chi connectivity index (χ4v) is 2.86. The van der Waals surface area contributed by atoms with Crippen LogP contribution in [0.1, 0.15) is 36.5 Å². The molecule has 1 heterocycles. The van der Waals surface area contributed by atoms with Gasteiger partial charge in [0, 0.05) is 24.8 Å². The minimum atomic E-state index is -0.466. The number of nitrogens with one attached hydrogen (secondary N) is 2. The lowest BCUT2D eigenvalue weighted by molar-refractivity contribution is -0.127. The van der Waals surface area contributed by atoms with Crippen LogP contribution in [0.5, 0.6) is 0 Å². The first kappa shape index (κ1) is 21.2. The van der Waals surface area contributed by atoms with E-state index in [9.17, 15) is 19.2 Å². The third-order valence-electron chi connectivity index (χ3n) is 4.30. The van der Waals surface area contributed by atoms with Crippen LogP contribution in [0.25, 0.3) is 0 Å². The molecule has 0 aromatic heterocycles. The van der Waals surface area contributed by atoms with E-state index in [1.165, 1.54) is 19.2 Å². The molecule has 0 bridgehead atoms. The van der Waals surface area contributed by atoms with Gasteiger partial charge in [-0.05, 0) is 44.0 Å². The SMILES string of the molecule is CCOC(=O)N1CCC(NC(=O)CC(=O)Nc2ccc(C(=O)OC)cc2)CC1. The number of likely N-dealkylation sites (tertiary alicyclic amines) is 1. The number of methoxy groups -OCH3 is 1. The van der Waals surface area contributed by atoms with Crippen LogP contribution in [0.2, 0.25) is 0 Å². The number of carbonyl (C=O) groups is 4. The van der Waals surface area contributed by atoms with Crippen molar-refractivity contribution in [2.24, 2.45) is 0 Å². The first-order valence-corrected chi connectivity index (χ1v) is 9.12. The van der Waals surface area contributed by atoms with Crippen LogP contribution in [0.15, 0.2) is 24.3 Å². The van der Waals surface area contributed by atoms with E-state index in [0.717, 1.165) is 0 Å². The number of rotatable bonds is 6. The molecular formula is C19H25N3O6. The number of ether oxygens (including phenoxy) is 2. The van der Waals surface area contributed by atoms with Gasteiger partial charge >= 0.3 is 12.1 Å². The van der Waals surface area contributed by atoms with Crippen molar-refractivity contribution in [3.8, 4) is 0 Å². The molecule has 1 aliphatic heterocycles. The summed E-state index contributed by atoms with van der Waals surface area (Å²) in [5.74, 6) is -1.29. The van der Waals surface area contributed by atoms with E-state index in [2.05, 4.69) is 15.4 Å². The smallest absolute Gasteiger partial charge is 0.409 e. The van der Waals surface area contributed by atoms with Crippen LogP contribution >= 0.6 is 0 Å². The first-order chi connectivity index (χ1) is 13.4. The Hall–Kier alpha value is -3.10. The van der Waals surface area contributed by atoms with E-state index >= 15 is 0 Å². The van der Waals surface area contributed by atoms with Crippen molar-refractivity contribution in [1.29, 1.82) is 0 Å². The molecule has 1 aromatic rings. The van der Waals surface area contributed by atoms with E-state index in [0.29, 0.717) is 43.8 Å². The highest BCUT2D eigenvalue weighted by atomic mass is 16.6. The number of esters is 1. The monoisotopic (exact) mass is 391 g/mol. The third-order valence-corrected chi connectivity index (χ3v) is 4.30. The standard InChI is InChI=1S/C19H25N3O6/c1-3-28-19(26)22-10-8-15(9-11-22)21-17(24)12-16(23)20-14-6-4-13(5-7-14)18(25)27-2/h4-7,15H,3,8-12H2,1-2H3,(H,20,23)(H,21,24). The maximum atomic E-state index is 12.1. The number of nitrogens with zero attached hydrogens (tertiary/aromatic N) is 1. The number of hydrogen-bond donors (Lipinski definition) is 2. The lowest BCUT2D eigenvalue weighted by atomic mass is 10.1. The summed E-state index contributed by atoms with van der Waals surface area (Å²) < 4.78 is 9.56. The maximum absolute atomic E-state index is 12.1. The normalized spacial score (nSPS) is 14.1. The second-order valence-corrected chi connectivity index (χ2v) is 6.32. The van der Waals surface area contributed by atoms with Gasteiger partial charge in [0.25, 0.3) is 0 Å². The van der Waals surface area contributed by atoms with Crippen molar-refractivity contribution in [3.63, 3.8) is 0 Å². The van der Waals surface area contributed by atoms with Crippen LogP contribution in [-0.4, -0.2) is 61.6 Å². The fraction of sp³-hybridized carbons (Fsp3) is 0.474. The molecule has 2 N–H and O–H groups in total. The quantitative estimate of drug-likeness (QED) is 0.562. The Kier molecular flexibility index (Phi) is 7.79. The lowest BCUT2D eigenvalue weighted by Crippen LogP contribution is -2.47. The van der Waals surface area contributed by atoms with Crippen LogP contribution < -0.4 is 10.6 Å². The highest BCUT2D eigenvalue weighted by Crippen LogP contribution is 2.13. The first-order valence-electron chi connectivity index (χ1n) is 9.12. The fourth-order valence-electron chi connectivity index (χ4n) is 2.86. The molecule has 0 unspecified atom stereocenters. The average molecular weight is 391 g/mol. The third kappa shape index (κ3) is 6.26. The summed E-state index contributed by atoms with van der Waals surface area (Å²) in [4.78, 5) is 48.7. The van der Waals surface area contributed by atoms with E-state index in [-0.39, 0.29) is 24.5 Å². The molecule has 0 saturated carbocycles. The van der Waals surface area contributed by atoms with Crippen molar-refractivity contribution in [3.05, 3.63) is 29.8 Å². The molecule has 28 heavy (non-hydrogen) atoms. The summed E-state index contributed by atoms with van der Waals surface area (Å²) in [6, 6.07) is 6.10. The predicted octanol–water partition coefficient (Wildman–Crippen LogP) is 1.54. The molecule has 9 nitrogen and oxygen atoms in total. The predicted molar refractivity (Wildman–Crippen MR) is 101 cm³/mol. The average Bonchev–Trinajstić information content (AvgIpc) is 2.68. The molecular weight excluding hydrogens is 366 g/mol. The Bertz CT molecular complexity index is 711. The highest BCUT2D eigenvalue weighted by molar-refractivity contribution is 6.03. The summed E-state index contributed by atoms with van der Waals surface area (Å²) in [6.07, 6.45) is 0.573. The molecule has 3 amide bonds. The van der Waals surface area contributed by atoms with Gasteiger partial charge in [-0.1, -0.05) is 0 Å². The highest BCUT2D eigenvalue weighted by Gasteiger charge is 2.25. The summed E-state index contributed by atoms with van der Waals surface area (Å²) in [7, 11) is 1.29. The largest absolute Gasteiger partial charge is 0.465 e. The van der Waals surface area contributed by atoms with Gasteiger partial charge in [0.15, 0.2) is 0 Å². The van der Waals surface area contributed by atoms with E-state index in [1.807, 2.05) is 0 Å². The number of anilines is 1. The van der Waals surface area contributed by atoms with Gasteiger partial charge in [-0.3, -0.25) is 9.59 Å². The molecule has 1 fully saturated rings. The zero-order valence-electron chi connectivity index (χ0n) is 16.0. The molecule has 2 rings (SSSR count). The summed E-state index contributed by atoms with van der Waals surface area (Å²) >= 11 is 0. The number of piperidine rings is 1. The second kappa shape index (κ2) is 10.3. The molecule has 0 radical (unpaired) electrons. The van der Waals surface area contributed by atoms with Gasteiger partial charge < -0.3 is 25.0 Å². The zero-order chi connectivity index (χ0) is 20.5. The Morgan fingerprint density at radius 1 is 1.07 bits per heavy atom. The van der Waals surface area contributed by atoms with Crippen LogP contribution in [0.4, 0.5) is 10.5 Å². The van der Waals surface area contributed by atoms with Crippen molar-refractivity contribution in [2.75, 3.05) is 32.1 Å². The Morgan fingerprint density at radius 2 is 1.71 bits per heavy atom. The summed E-state index contributed by atoms with van der Waals surface area (Å²) in [5, 5.41) is 5.43. The number of benzene rings is 1. The van der Waals surface area contributed by atoms with Gasteiger partial charge in [-0.25, -0.2) is 9.59 Å². The molecule has 9 heteroatoms. The Morgan fingerprint density at radius 3 is 2.29 bits per heavy atom. The van der Waals surface area contributed by atoms with Gasteiger partial charge in [0.05, 0.1) is 19.3 Å². The minimum Gasteiger partial charge on any atom is -0.465 e. The molecule has 0 spiro atoms. The molecule has 0 atom stereocenters. The van der Waals surface area contributed by atoms with Gasteiger partial charge in [0.2, 0.25) is 11.8 Å². The lowest BCUT2D eigenvalue weighted by Gasteiger charge is -2.31. The number of hydrogen-bond acceptors (Lipinski definition) is 6. The summed E-state index contributed by atoms with van der Waals surface area (Å²) in [6.45, 7) is 3.09. The molecule has 152 valence electrons. The van der Waals surface area contributed by atoms with Crippen molar-refractivity contribution >= 4 is 29.6 Å². The Balaban J connectivity index is 1.73. The van der Waals surface area contributed by atoms with E-state index in [4.69, 9.17) is 4.74 Å².